The molecule has 0 aromatic rings. The van der Waals surface area contributed by atoms with Gasteiger partial charge in [0.05, 0.1) is 12.2 Å². The molecular formula is C14H26N4O4S. The minimum Gasteiger partial charge on any atom is -0.369 e. The fourth-order valence-electron chi connectivity index (χ4n) is 3.11. The van der Waals surface area contributed by atoms with Gasteiger partial charge in [-0.05, 0) is 25.9 Å². The zero-order valence-electron chi connectivity index (χ0n) is 13.6. The Labute approximate surface area is 137 Å². The van der Waals surface area contributed by atoms with E-state index in [-0.39, 0.29) is 25.5 Å². The number of likely N-dealkylation sites (tertiary alicyclic amines) is 1. The normalized spacial score (nSPS) is 24.6. The van der Waals surface area contributed by atoms with E-state index in [0.29, 0.717) is 19.5 Å². The van der Waals surface area contributed by atoms with Crippen molar-refractivity contribution < 1.29 is 18.0 Å². The SMILES string of the molecule is CS(=O)(=O)N1CCN(C(=O)CCN2CCCC2)C[C@@H](C(N)=O)C1. The summed E-state index contributed by atoms with van der Waals surface area (Å²) >= 11 is 0. The Kier molecular flexibility index (Phi) is 5.99. The molecule has 2 aliphatic rings. The highest BCUT2D eigenvalue weighted by Crippen LogP contribution is 2.14. The largest absolute Gasteiger partial charge is 0.369 e. The van der Waals surface area contributed by atoms with Crippen molar-refractivity contribution in [3.05, 3.63) is 0 Å². The summed E-state index contributed by atoms with van der Waals surface area (Å²) in [5.41, 5.74) is 5.37. The smallest absolute Gasteiger partial charge is 0.223 e. The second-order valence-corrected chi connectivity index (χ2v) is 8.34. The lowest BCUT2D eigenvalue weighted by Crippen LogP contribution is -2.41. The molecule has 2 saturated heterocycles. The van der Waals surface area contributed by atoms with Crippen molar-refractivity contribution in [1.29, 1.82) is 0 Å². The van der Waals surface area contributed by atoms with Crippen LogP contribution < -0.4 is 5.73 Å². The van der Waals surface area contributed by atoms with Gasteiger partial charge in [-0.2, -0.15) is 4.31 Å². The highest BCUT2D eigenvalue weighted by atomic mass is 32.2. The Morgan fingerprint density at radius 3 is 2.30 bits per heavy atom. The molecule has 132 valence electrons. The Balaban J connectivity index is 1.97. The molecular weight excluding hydrogens is 320 g/mol. The Hall–Kier alpha value is -1.19. The quantitative estimate of drug-likeness (QED) is 0.665. The summed E-state index contributed by atoms with van der Waals surface area (Å²) in [5, 5.41) is 0. The molecule has 9 heteroatoms. The van der Waals surface area contributed by atoms with Crippen molar-refractivity contribution >= 4 is 21.8 Å². The van der Waals surface area contributed by atoms with Crippen LogP contribution >= 0.6 is 0 Å². The maximum atomic E-state index is 12.4. The highest BCUT2D eigenvalue weighted by Gasteiger charge is 2.32. The number of rotatable bonds is 5. The summed E-state index contributed by atoms with van der Waals surface area (Å²) in [4.78, 5) is 27.8. The number of carbonyl (C=O) groups is 2. The number of nitrogens with two attached hydrogens (primary N) is 1. The zero-order valence-corrected chi connectivity index (χ0v) is 14.4. The average molecular weight is 346 g/mol. The van der Waals surface area contributed by atoms with E-state index in [1.165, 1.54) is 17.1 Å². The lowest BCUT2D eigenvalue weighted by atomic mass is 10.1. The first-order valence-corrected chi connectivity index (χ1v) is 9.87. The molecule has 0 radical (unpaired) electrons. The molecule has 2 N–H and O–H groups in total. The van der Waals surface area contributed by atoms with E-state index in [2.05, 4.69) is 4.90 Å². The predicted octanol–water partition coefficient (Wildman–Crippen LogP) is -1.32. The molecule has 0 unspecified atom stereocenters. The van der Waals surface area contributed by atoms with Gasteiger partial charge in [-0.1, -0.05) is 0 Å². The molecule has 0 bridgehead atoms. The number of hydrogen-bond donors (Lipinski definition) is 1. The van der Waals surface area contributed by atoms with E-state index in [1.54, 1.807) is 4.90 Å². The summed E-state index contributed by atoms with van der Waals surface area (Å²) in [5.74, 6) is -1.28. The molecule has 0 spiro atoms. The number of hydrogen-bond acceptors (Lipinski definition) is 5. The van der Waals surface area contributed by atoms with Gasteiger partial charge in [0.2, 0.25) is 21.8 Å². The number of carbonyl (C=O) groups excluding carboxylic acids is 2. The molecule has 2 heterocycles. The molecule has 2 amide bonds. The summed E-state index contributed by atoms with van der Waals surface area (Å²) in [6.45, 7) is 3.52. The first-order chi connectivity index (χ1) is 10.8. The van der Waals surface area contributed by atoms with E-state index < -0.39 is 21.8 Å². The Bertz CT molecular complexity index is 545. The highest BCUT2D eigenvalue weighted by molar-refractivity contribution is 7.88. The van der Waals surface area contributed by atoms with Gasteiger partial charge >= 0.3 is 0 Å². The van der Waals surface area contributed by atoms with Gasteiger partial charge in [-0.3, -0.25) is 9.59 Å². The predicted molar refractivity (Wildman–Crippen MR) is 86.0 cm³/mol. The molecule has 23 heavy (non-hydrogen) atoms. The lowest BCUT2D eigenvalue weighted by molar-refractivity contribution is -0.132. The van der Waals surface area contributed by atoms with Crippen molar-refractivity contribution in [3.8, 4) is 0 Å². The number of nitrogens with zero attached hydrogens (tertiary/aromatic N) is 3. The second kappa shape index (κ2) is 7.59. The van der Waals surface area contributed by atoms with Crippen molar-refractivity contribution in [2.75, 3.05) is 52.1 Å². The molecule has 2 aliphatic heterocycles. The first-order valence-electron chi connectivity index (χ1n) is 8.02. The molecule has 2 fully saturated rings. The van der Waals surface area contributed by atoms with E-state index in [0.717, 1.165) is 19.3 Å². The van der Waals surface area contributed by atoms with E-state index in [9.17, 15) is 18.0 Å². The second-order valence-electron chi connectivity index (χ2n) is 6.36. The van der Waals surface area contributed by atoms with Gasteiger partial charge in [0.25, 0.3) is 0 Å². The third kappa shape index (κ3) is 5.15. The van der Waals surface area contributed by atoms with E-state index in [1.807, 2.05) is 0 Å². The minimum atomic E-state index is -3.41. The molecule has 2 rings (SSSR count). The summed E-state index contributed by atoms with van der Waals surface area (Å²) < 4.78 is 24.7. The average Bonchev–Trinajstić information content (AvgIpc) is 2.86. The van der Waals surface area contributed by atoms with Crippen LogP contribution in [0.2, 0.25) is 0 Å². The molecule has 0 aliphatic carbocycles. The van der Waals surface area contributed by atoms with Gasteiger partial charge in [-0.25, -0.2) is 8.42 Å². The molecule has 0 aromatic carbocycles. The third-order valence-corrected chi connectivity index (χ3v) is 5.82. The van der Waals surface area contributed by atoms with Crippen molar-refractivity contribution in [3.63, 3.8) is 0 Å². The molecule has 0 saturated carbocycles. The Morgan fingerprint density at radius 2 is 1.74 bits per heavy atom. The Morgan fingerprint density at radius 1 is 1.09 bits per heavy atom. The van der Waals surface area contributed by atoms with Gasteiger partial charge in [0.15, 0.2) is 0 Å². The van der Waals surface area contributed by atoms with Gasteiger partial charge < -0.3 is 15.5 Å². The molecule has 1 atom stereocenters. The van der Waals surface area contributed by atoms with Crippen molar-refractivity contribution in [2.45, 2.75) is 19.3 Å². The summed E-state index contributed by atoms with van der Waals surface area (Å²) in [7, 11) is -3.41. The maximum Gasteiger partial charge on any atom is 0.223 e. The van der Waals surface area contributed by atoms with Crippen LogP contribution in [-0.2, 0) is 19.6 Å². The summed E-state index contributed by atoms with van der Waals surface area (Å²) in [6.07, 6.45) is 3.84. The molecule has 0 aromatic heterocycles. The topological polar surface area (TPSA) is 104 Å². The van der Waals surface area contributed by atoms with Crippen molar-refractivity contribution in [2.24, 2.45) is 11.7 Å². The zero-order chi connectivity index (χ0) is 17.0. The van der Waals surface area contributed by atoms with Crippen LogP contribution in [0.4, 0.5) is 0 Å². The van der Waals surface area contributed by atoms with Gasteiger partial charge in [0.1, 0.15) is 0 Å². The minimum absolute atomic E-state index is 0.0431. The summed E-state index contributed by atoms with van der Waals surface area (Å²) in [6, 6.07) is 0. The standard InChI is InChI=1S/C14H26N4O4S/c1-23(21,22)18-9-8-17(10-12(11-18)14(15)20)13(19)4-7-16-5-2-3-6-16/h12H,2-11H2,1H3,(H2,15,20)/t12-/m1/s1. The van der Waals surface area contributed by atoms with Crippen LogP contribution in [0.15, 0.2) is 0 Å². The molecule has 8 nitrogen and oxygen atoms in total. The van der Waals surface area contributed by atoms with Crippen LogP contribution in [0, 0.1) is 5.92 Å². The van der Waals surface area contributed by atoms with Crippen LogP contribution in [0.5, 0.6) is 0 Å². The number of amides is 2. The van der Waals surface area contributed by atoms with E-state index in [4.69, 9.17) is 5.73 Å². The van der Waals surface area contributed by atoms with Crippen molar-refractivity contribution in [1.82, 2.24) is 14.1 Å². The van der Waals surface area contributed by atoms with Gasteiger partial charge in [0, 0.05) is 39.1 Å². The number of sulfonamides is 1. The van der Waals surface area contributed by atoms with Crippen LogP contribution in [0.1, 0.15) is 19.3 Å². The third-order valence-electron chi connectivity index (χ3n) is 4.55. The fraction of sp³-hybridized carbons (Fsp3) is 0.857. The van der Waals surface area contributed by atoms with Crippen LogP contribution in [0.3, 0.4) is 0 Å². The van der Waals surface area contributed by atoms with Crippen LogP contribution in [0.25, 0.3) is 0 Å². The van der Waals surface area contributed by atoms with Crippen LogP contribution in [-0.4, -0.2) is 86.4 Å². The van der Waals surface area contributed by atoms with Gasteiger partial charge in [-0.15, -0.1) is 0 Å². The monoisotopic (exact) mass is 346 g/mol. The first kappa shape index (κ1) is 18.2. The number of primary amides is 1. The van der Waals surface area contributed by atoms with E-state index >= 15 is 0 Å². The fourth-order valence-corrected chi connectivity index (χ4v) is 3.97. The lowest BCUT2D eigenvalue weighted by Gasteiger charge is -2.24. The maximum absolute atomic E-state index is 12.4.